The van der Waals surface area contributed by atoms with Gasteiger partial charge in [0, 0.05) is 18.8 Å². The summed E-state index contributed by atoms with van der Waals surface area (Å²) in [6, 6.07) is 14.0. The van der Waals surface area contributed by atoms with Crippen LogP contribution in [0.15, 0.2) is 53.4 Å². The third-order valence-electron chi connectivity index (χ3n) is 5.55. The second kappa shape index (κ2) is 10.3. The third-order valence-corrected chi connectivity index (χ3v) is 7.47. The fourth-order valence-electron chi connectivity index (χ4n) is 3.57. The molecule has 168 valence electrons. The number of carbonyl (C=O) groups is 1. The monoisotopic (exact) mass is 444 g/mol. The van der Waals surface area contributed by atoms with Gasteiger partial charge in [-0.2, -0.15) is 4.31 Å². The van der Waals surface area contributed by atoms with Gasteiger partial charge in [-0.25, -0.2) is 8.42 Å². The Kier molecular flexibility index (Phi) is 7.73. The second-order valence-corrected chi connectivity index (χ2v) is 10.3. The molecule has 1 unspecified atom stereocenters. The van der Waals surface area contributed by atoms with Crippen LogP contribution in [0.4, 0.5) is 5.69 Å². The molecule has 2 aromatic carbocycles. The molecule has 0 saturated carbocycles. The average molecular weight is 445 g/mol. The van der Waals surface area contributed by atoms with Crippen LogP contribution in [-0.2, 0) is 14.8 Å². The number of nitrogens with one attached hydrogen (secondary N) is 1. The van der Waals surface area contributed by atoms with Gasteiger partial charge in [0.1, 0.15) is 5.75 Å². The zero-order valence-electron chi connectivity index (χ0n) is 18.5. The first-order chi connectivity index (χ1) is 14.8. The summed E-state index contributed by atoms with van der Waals surface area (Å²) in [6.07, 6.45) is 3.24. The van der Waals surface area contributed by atoms with E-state index in [4.69, 9.17) is 4.74 Å². The lowest BCUT2D eigenvalue weighted by molar-refractivity contribution is -0.122. The molecule has 1 N–H and O–H groups in total. The lowest BCUT2D eigenvalue weighted by Crippen LogP contribution is -2.32. The summed E-state index contributed by atoms with van der Waals surface area (Å²) in [5, 5.41) is 2.79. The second-order valence-electron chi connectivity index (χ2n) is 8.32. The number of amides is 1. The molecule has 31 heavy (non-hydrogen) atoms. The van der Waals surface area contributed by atoms with Crippen LogP contribution >= 0.6 is 0 Å². The molecule has 0 spiro atoms. The zero-order chi connectivity index (χ0) is 22.4. The van der Waals surface area contributed by atoms with E-state index in [0.29, 0.717) is 30.4 Å². The van der Waals surface area contributed by atoms with Crippen LogP contribution in [0.1, 0.15) is 57.9 Å². The Hall–Kier alpha value is -2.38. The Morgan fingerprint density at radius 3 is 2.03 bits per heavy atom. The van der Waals surface area contributed by atoms with E-state index in [2.05, 4.69) is 19.2 Å². The fraction of sp³-hybridized carbons (Fsp3) is 0.458. The smallest absolute Gasteiger partial charge is 0.265 e. The Balaban J connectivity index is 1.60. The Morgan fingerprint density at radius 1 is 0.903 bits per heavy atom. The molecule has 3 rings (SSSR count). The highest BCUT2D eigenvalue weighted by atomic mass is 32.2. The predicted octanol–water partition coefficient (Wildman–Crippen LogP) is 4.78. The van der Waals surface area contributed by atoms with Gasteiger partial charge < -0.3 is 10.1 Å². The molecule has 1 aliphatic rings. The first-order valence-corrected chi connectivity index (χ1v) is 12.4. The highest BCUT2D eigenvalue weighted by Crippen LogP contribution is 2.23. The van der Waals surface area contributed by atoms with Crippen LogP contribution < -0.4 is 10.1 Å². The van der Waals surface area contributed by atoms with E-state index >= 15 is 0 Å². The van der Waals surface area contributed by atoms with Crippen molar-refractivity contribution in [2.45, 2.75) is 63.4 Å². The molecule has 1 saturated heterocycles. The summed E-state index contributed by atoms with van der Waals surface area (Å²) >= 11 is 0. The maximum Gasteiger partial charge on any atom is 0.265 e. The number of rotatable bonds is 7. The number of carbonyl (C=O) groups excluding carboxylic acids is 1. The van der Waals surface area contributed by atoms with Crippen molar-refractivity contribution in [3.05, 3.63) is 54.1 Å². The topological polar surface area (TPSA) is 75.7 Å². The predicted molar refractivity (Wildman–Crippen MR) is 123 cm³/mol. The van der Waals surface area contributed by atoms with Gasteiger partial charge in [0.25, 0.3) is 5.91 Å². The van der Waals surface area contributed by atoms with Crippen LogP contribution in [0.3, 0.4) is 0 Å². The fourth-order valence-corrected chi connectivity index (χ4v) is 5.09. The molecule has 1 atom stereocenters. The average Bonchev–Trinajstić information content (AvgIpc) is 3.04. The van der Waals surface area contributed by atoms with Gasteiger partial charge in [-0.05, 0) is 67.6 Å². The van der Waals surface area contributed by atoms with Gasteiger partial charge in [-0.15, -0.1) is 0 Å². The Morgan fingerprint density at radius 2 is 1.48 bits per heavy atom. The number of benzene rings is 2. The molecule has 1 aliphatic heterocycles. The van der Waals surface area contributed by atoms with Crippen molar-refractivity contribution in [3.8, 4) is 5.75 Å². The number of nitrogens with zero attached hydrogens (tertiary/aromatic N) is 1. The van der Waals surface area contributed by atoms with E-state index in [-0.39, 0.29) is 10.8 Å². The standard InChI is InChI=1S/C24H32N2O4S/c1-18(2)20-8-12-22(13-9-20)30-19(3)24(27)25-21-10-14-23(15-11-21)31(28,29)26-16-6-4-5-7-17-26/h8-15,18-19H,4-7,16-17H2,1-3H3,(H,25,27). The van der Waals surface area contributed by atoms with Crippen molar-refractivity contribution in [1.29, 1.82) is 0 Å². The SMILES string of the molecule is CC(Oc1ccc(C(C)C)cc1)C(=O)Nc1ccc(S(=O)(=O)N2CCCCCC2)cc1. The summed E-state index contributed by atoms with van der Waals surface area (Å²) in [6.45, 7) is 7.05. The number of ether oxygens (including phenoxy) is 1. The number of anilines is 1. The minimum atomic E-state index is -3.50. The lowest BCUT2D eigenvalue weighted by atomic mass is 10.0. The van der Waals surface area contributed by atoms with Crippen molar-refractivity contribution in [2.75, 3.05) is 18.4 Å². The molecule has 0 aromatic heterocycles. The quantitative estimate of drug-likeness (QED) is 0.667. The van der Waals surface area contributed by atoms with Crippen molar-refractivity contribution in [3.63, 3.8) is 0 Å². The molecule has 0 radical (unpaired) electrons. The van der Waals surface area contributed by atoms with E-state index in [1.807, 2.05) is 24.3 Å². The molecular formula is C24H32N2O4S. The van der Waals surface area contributed by atoms with E-state index in [1.165, 1.54) is 5.56 Å². The van der Waals surface area contributed by atoms with Gasteiger partial charge in [0.15, 0.2) is 6.10 Å². The highest BCUT2D eigenvalue weighted by molar-refractivity contribution is 7.89. The minimum absolute atomic E-state index is 0.252. The van der Waals surface area contributed by atoms with Crippen LogP contribution in [-0.4, -0.2) is 37.8 Å². The summed E-state index contributed by atoms with van der Waals surface area (Å²) in [4.78, 5) is 12.7. The summed E-state index contributed by atoms with van der Waals surface area (Å²) in [7, 11) is -3.50. The first-order valence-electron chi connectivity index (χ1n) is 10.9. The molecule has 1 heterocycles. The third kappa shape index (κ3) is 6.08. The first kappa shape index (κ1) is 23.3. The molecule has 2 aromatic rings. The molecule has 1 fully saturated rings. The Bertz CT molecular complexity index is 962. The van der Waals surface area contributed by atoms with Gasteiger partial charge in [-0.3, -0.25) is 4.79 Å². The molecule has 0 aliphatic carbocycles. The molecule has 0 bridgehead atoms. The van der Waals surface area contributed by atoms with Crippen molar-refractivity contribution >= 4 is 21.6 Å². The van der Waals surface area contributed by atoms with Gasteiger partial charge in [0.05, 0.1) is 4.90 Å². The lowest BCUT2D eigenvalue weighted by Gasteiger charge is -2.20. The maximum absolute atomic E-state index is 12.9. The minimum Gasteiger partial charge on any atom is -0.481 e. The maximum atomic E-state index is 12.9. The normalized spacial score (nSPS) is 16.5. The van der Waals surface area contributed by atoms with E-state index in [9.17, 15) is 13.2 Å². The van der Waals surface area contributed by atoms with E-state index in [1.54, 1.807) is 35.5 Å². The molecule has 1 amide bonds. The number of hydrogen-bond acceptors (Lipinski definition) is 4. The highest BCUT2D eigenvalue weighted by Gasteiger charge is 2.25. The van der Waals surface area contributed by atoms with Crippen LogP contribution in [0.2, 0.25) is 0 Å². The van der Waals surface area contributed by atoms with Crippen LogP contribution in [0, 0.1) is 0 Å². The van der Waals surface area contributed by atoms with Crippen molar-refractivity contribution in [2.24, 2.45) is 0 Å². The largest absolute Gasteiger partial charge is 0.481 e. The van der Waals surface area contributed by atoms with Gasteiger partial charge >= 0.3 is 0 Å². The Labute approximate surface area is 185 Å². The zero-order valence-corrected chi connectivity index (χ0v) is 19.3. The summed E-state index contributed by atoms with van der Waals surface area (Å²) in [5.41, 5.74) is 1.74. The van der Waals surface area contributed by atoms with Crippen molar-refractivity contribution < 1.29 is 17.9 Å². The van der Waals surface area contributed by atoms with Gasteiger partial charge in [-0.1, -0.05) is 38.8 Å². The molecule has 6 nitrogen and oxygen atoms in total. The summed E-state index contributed by atoms with van der Waals surface area (Å²) < 4.78 is 33.0. The molecule has 7 heteroatoms. The van der Waals surface area contributed by atoms with Gasteiger partial charge in [0.2, 0.25) is 10.0 Å². The van der Waals surface area contributed by atoms with Crippen molar-refractivity contribution in [1.82, 2.24) is 4.31 Å². The summed E-state index contributed by atoms with van der Waals surface area (Å²) in [5.74, 6) is 0.767. The number of hydrogen-bond donors (Lipinski definition) is 1. The van der Waals surface area contributed by atoms with E-state index in [0.717, 1.165) is 25.7 Å². The number of sulfonamides is 1. The van der Waals surface area contributed by atoms with Crippen LogP contribution in [0.5, 0.6) is 5.75 Å². The molecular weight excluding hydrogens is 412 g/mol. The van der Waals surface area contributed by atoms with Crippen LogP contribution in [0.25, 0.3) is 0 Å². The van der Waals surface area contributed by atoms with E-state index < -0.39 is 16.1 Å².